The molecule has 0 saturated carbocycles. The molecule has 0 aliphatic carbocycles. The number of primary sulfonamides is 1. The first kappa shape index (κ1) is 19.5. The monoisotopic (exact) mass is 390 g/mol. The van der Waals surface area contributed by atoms with Gasteiger partial charge in [-0.05, 0) is 42.0 Å². The summed E-state index contributed by atoms with van der Waals surface area (Å²) in [4.78, 5) is 12.0. The molecule has 4 N–H and O–H groups in total. The van der Waals surface area contributed by atoms with Crippen molar-refractivity contribution in [3.8, 4) is 6.07 Å². The van der Waals surface area contributed by atoms with E-state index in [1.54, 1.807) is 24.3 Å². The van der Waals surface area contributed by atoms with Crippen LogP contribution in [-0.2, 0) is 21.4 Å². The molecule has 26 heavy (non-hydrogen) atoms. The van der Waals surface area contributed by atoms with Gasteiger partial charge in [0.25, 0.3) is 5.91 Å². The van der Waals surface area contributed by atoms with E-state index in [4.69, 9.17) is 22.0 Å². The van der Waals surface area contributed by atoms with Crippen LogP contribution in [0.5, 0.6) is 0 Å². The topological polar surface area (TPSA) is 125 Å². The molecule has 0 spiro atoms. The van der Waals surface area contributed by atoms with Crippen molar-refractivity contribution >= 4 is 33.2 Å². The highest BCUT2D eigenvalue weighted by Gasteiger charge is 2.11. The first-order chi connectivity index (χ1) is 12.3. The summed E-state index contributed by atoms with van der Waals surface area (Å²) >= 11 is 5.89. The van der Waals surface area contributed by atoms with E-state index in [1.807, 2.05) is 6.07 Å². The Kier molecular flexibility index (Phi) is 6.36. The maximum Gasteiger partial charge on any atom is 0.267 e. The highest BCUT2D eigenvalue weighted by atomic mass is 35.5. The van der Waals surface area contributed by atoms with Crippen molar-refractivity contribution < 1.29 is 13.2 Å². The lowest BCUT2D eigenvalue weighted by molar-refractivity contribution is -0.112. The Morgan fingerprint density at radius 2 is 1.92 bits per heavy atom. The third-order valence-corrected chi connectivity index (χ3v) is 4.41. The van der Waals surface area contributed by atoms with Crippen molar-refractivity contribution in [3.63, 3.8) is 0 Å². The fourth-order valence-electron chi connectivity index (χ4n) is 1.99. The number of anilines is 1. The smallest absolute Gasteiger partial charge is 0.267 e. The van der Waals surface area contributed by atoms with Gasteiger partial charge in [-0.3, -0.25) is 4.79 Å². The van der Waals surface area contributed by atoms with Crippen molar-refractivity contribution in [1.82, 2.24) is 5.32 Å². The number of rotatable bonds is 6. The van der Waals surface area contributed by atoms with Crippen molar-refractivity contribution in [1.29, 1.82) is 5.26 Å². The lowest BCUT2D eigenvalue weighted by Crippen LogP contribution is -2.17. The van der Waals surface area contributed by atoms with Crippen LogP contribution < -0.4 is 15.8 Å². The second-order valence-corrected chi connectivity index (χ2v) is 7.20. The van der Waals surface area contributed by atoms with E-state index in [2.05, 4.69) is 10.6 Å². The van der Waals surface area contributed by atoms with Crippen molar-refractivity contribution in [2.24, 2.45) is 5.14 Å². The Morgan fingerprint density at radius 3 is 2.50 bits per heavy atom. The molecule has 0 fully saturated rings. The third-order valence-electron chi connectivity index (χ3n) is 3.25. The number of nitrogens with one attached hydrogen (secondary N) is 2. The number of halogens is 1. The van der Waals surface area contributed by atoms with Gasteiger partial charge >= 0.3 is 0 Å². The molecule has 2 rings (SSSR count). The van der Waals surface area contributed by atoms with Gasteiger partial charge in [-0.15, -0.1) is 0 Å². The fourth-order valence-corrected chi connectivity index (χ4v) is 2.72. The van der Waals surface area contributed by atoms with Gasteiger partial charge in [0.2, 0.25) is 10.0 Å². The molecule has 2 aromatic rings. The summed E-state index contributed by atoms with van der Waals surface area (Å²) < 4.78 is 22.4. The van der Waals surface area contributed by atoms with E-state index in [0.717, 1.165) is 5.56 Å². The zero-order valence-electron chi connectivity index (χ0n) is 13.4. The van der Waals surface area contributed by atoms with Gasteiger partial charge in [-0.25, -0.2) is 13.6 Å². The number of nitrogens with zero attached hydrogens (tertiary/aromatic N) is 1. The maximum atomic E-state index is 12.1. The molecule has 1 amide bonds. The number of hydrogen-bond acceptors (Lipinski definition) is 5. The highest BCUT2D eigenvalue weighted by molar-refractivity contribution is 7.89. The summed E-state index contributed by atoms with van der Waals surface area (Å²) in [7, 11) is -3.81. The summed E-state index contributed by atoms with van der Waals surface area (Å²) in [5.41, 5.74) is 1.09. The van der Waals surface area contributed by atoms with Crippen LogP contribution in [0.25, 0.3) is 0 Å². The predicted octanol–water partition coefficient (Wildman–Crippen LogP) is 2.12. The molecule has 0 bridgehead atoms. The van der Waals surface area contributed by atoms with E-state index < -0.39 is 15.9 Å². The molecule has 134 valence electrons. The number of carbonyl (C=O) groups excluding carboxylic acids is 1. The Hall–Kier alpha value is -2.86. The van der Waals surface area contributed by atoms with Crippen molar-refractivity contribution in [3.05, 3.63) is 70.9 Å². The minimum Gasteiger partial charge on any atom is -0.386 e. The molecule has 0 saturated heterocycles. The minimum absolute atomic E-state index is 0.0743. The molecule has 0 atom stereocenters. The summed E-state index contributed by atoms with van der Waals surface area (Å²) in [5.74, 6) is -0.630. The Morgan fingerprint density at radius 1 is 1.23 bits per heavy atom. The van der Waals surface area contributed by atoms with Crippen LogP contribution in [0.15, 0.2) is 65.2 Å². The summed E-state index contributed by atoms with van der Waals surface area (Å²) in [6.07, 6.45) is 1.30. The van der Waals surface area contributed by atoms with Crippen LogP contribution in [0.4, 0.5) is 5.69 Å². The number of hydrogen-bond donors (Lipinski definition) is 3. The van der Waals surface area contributed by atoms with Crippen molar-refractivity contribution in [2.45, 2.75) is 11.4 Å². The van der Waals surface area contributed by atoms with Crippen LogP contribution in [0.1, 0.15) is 5.56 Å². The van der Waals surface area contributed by atoms with Gasteiger partial charge in [-0.1, -0.05) is 23.7 Å². The van der Waals surface area contributed by atoms with E-state index in [9.17, 15) is 13.2 Å². The van der Waals surface area contributed by atoms with Gasteiger partial charge in [0.05, 0.1) is 4.90 Å². The molecule has 0 aliphatic rings. The van der Waals surface area contributed by atoms with E-state index >= 15 is 0 Å². The van der Waals surface area contributed by atoms with E-state index in [0.29, 0.717) is 17.3 Å². The van der Waals surface area contributed by atoms with E-state index in [1.165, 1.54) is 30.5 Å². The van der Waals surface area contributed by atoms with Crippen LogP contribution >= 0.6 is 11.6 Å². The van der Waals surface area contributed by atoms with Crippen LogP contribution in [-0.4, -0.2) is 14.3 Å². The molecule has 0 radical (unpaired) electrons. The van der Waals surface area contributed by atoms with Crippen LogP contribution in [0, 0.1) is 11.3 Å². The normalized spacial score (nSPS) is 11.5. The van der Waals surface area contributed by atoms with Gasteiger partial charge in [0.1, 0.15) is 11.6 Å². The number of nitriles is 1. The van der Waals surface area contributed by atoms with E-state index in [-0.39, 0.29) is 10.5 Å². The van der Waals surface area contributed by atoms with Gasteiger partial charge in [-0.2, -0.15) is 5.26 Å². The fraction of sp³-hybridized carbons (Fsp3) is 0.0588. The molecular formula is C17H15ClN4O3S. The third kappa shape index (κ3) is 5.60. The SMILES string of the molecule is N#C/C(=C/NCc1cccc(Cl)c1)C(=O)Nc1ccc(S(N)(=O)=O)cc1. The lowest BCUT2D eigenvalue weighted by atomic mass is 10.2. The van der Waals surface area contributed by atoms with Gasteiger partial charge in [0.15, 0.2) is 0 Å². The van der Waals surface area contributed by atoms with Crippen LogP contribution in [0.2, 0.25) is 5.02 Å². The Bertz CT molecular complexity index is 980. The van der Waals surface area contributed by atoms with Gasteiger partial charge in [0, 0.05) is 23.5 Å². The molecule has 9 heteroatoms. The number of amides is 1. The highest BCUT2D eigenvalue weighted by Crippen LogP contribution is 2.14. The van der Waals surface area contributed by atoms with Gasteiger partial charge < -0.3 is 10.6 Å². The number of carbonyl (C=O) groups is 1. The lowest BCUT2D eigenvalue weighted by Gasteiger charge is -2.06. The molecule has 0 unspecified atom stereocenters. The molecule has 0 aromatic heterocycles. The van der Waals surface area contributed by atoms with Crippen LogP contribution in [0.3, 0.4) is 0 Å². The second-order valence-electron chi connectivity index (χ2n) is 5.20. The number of nitrogens with two attached hydrogens (primary N) is 1. The number of benzene rings is 2. The molecule has 0 heterocycles. The quantitative estimate of drug-likeness (QED) is 0.514. The average molecular weight is 391 g/mol. The van der Waals surface area contributed by atoms with Crippen molar-refractivity contribution in [2.75, 3.05) is 5.32 Å². The Labute approximate surface area is 156 Å². The largest absolute Gasteiger partial charge is 0.386 e. The molecular weight excluding hydrogens is 376 g/mol. The number of sulfonamides is 1. The zero-order chi connectivity index (χ0) is 19.2. The molecule has 7 nitrogen and oxygen atoms in total. The summed E-state index contributed by atoms with van der Waals surface area (Å²) in [6, 6.07) is 14.2. The summed E-state index contributed by atoms with van der Waals surface area (Å²) in [6.45, 7) is 0.391. The Balaban J connectivity index is 2.00. The molecule has 0 aliphatic heterocycles. The standard InChI is InChI=1S/C17H15ClN4O3S/c18-14-3-1-2-12(8-14)10-21-11-13(9-19)17(23)22-15-4-6-16(7-5-15)26(20,24)25/h1-8,11,21H,10H2,(H,22,23)(H2,20,24,25)/b13-11-. The average Bonchev–Trinajstić information content (AvgIpc) is 2.58. The first-order valence-corrected chi connectivity index (χ1v) is 9.24. The second kappa shape index (κ2) is 8.49. The maximum absolute atomic E-state index is 12.1. The summed E-state index contributed by atoms with van der Waals surface area (Å²) in [5, 5.41) is 20.1. The minimum atomic E-state index is -3.81. The predicted molar refractivity (Wildman–Crippen MR) is 98.4 cm³/mol. The molecule has 2 aromatic carbocycles. The zero-order valence-corrected chi connectivity index (χ0v) is 15.0. The first-order valence-electron chi connectivity index (χ1n) is 7.32.